The summed E-state index contributed by atoms with van der Waals surface area (Å²) in [6.45, 7) is 2.35. The highest BCUT2D eigenvalue weighted by Crippen LogP contribution is 2.47. The molecule has 0 amide bonds. The Balaban J connectivity index is 0.000000320. The van der Waals surface area contributed by atoms with Crippen molar-refractivity contribution in [1.29, 1.82) is 0 Å². The third-order valence-electron chi connectivity index (χ3n) is 2.21. The van der Waals surface area contributed by atoms with Crippen LogP contribution in [0, 0.1) is 5.41 Å². The fraction of sp³-hybridized carbons (Fsp3) is 1.00. The minimum absolute atomic E-state index is 0. The first-order chi connectivity index (χ1) is 3.33. The van der Waals surface area contributed by atoms with Crippen LogP contribution in [0.1, 0.15) is 6.42 Å². The standard InChI is InChI=1S/C5H10N2.2ClH/c6-4-1-5(4)2-7-3-5;;/h4,7H,1-3,6H2;2*1H. The molecule has 1 unspecified atom stereocenters. The van der Waals surface area contributed by atoms with Gasteiger partial charge in [-0.2, -0.15) is 0 Å². The molecule has 0 aromatic carbocycles. The third kappa shape index (κ3) is 1.17. The van der Waals surface area contributed by atoms with Gasteiger partial charge < -0.3 is 11.1 Å². The first kappa shape index (κ1) is 9.50. The number of nitrogens with one attached hydrogen (secondary N) is 1. The van der Waals surface area contributed by atoms with Crippen LogP contribution in [0.4, 0.5) is 0 Å². The molecule has 1 saturated heterocycles. The molecule has 4 heteroatoms. The second kappa shape index (κ2) is 2.62. The van der Waals surface area contributed by atoms with Crippen molar-refractivity contribution in [2.75, 3.05) is 13.1 Å². The van der Waals surface area contributed by atoms with Gasteiger partial charge >= 0.3 is 0 Å². The molecular formula is C5H12Cl2N2. The minimum atomic E-state index is 0. The zero-order valence-electron chi connectivity index (χ0n) is 5.09. The van der Waals surface area contributed by atoms with Gasteiger partial charge in [-0.15, -0.1) is 24.8 Å². The average Bonchev–Trinajstić information content (AvgIpc) is 2.10. The van der Waals surface area contributed by atoms with Gasteiger partial charge in [0, 0.05) is 24.5 Å². The van der Waals surface area contributed by atoms with Crippen LogP contribution in [0.25, 0.3) is 0 Å². The summed E-state index contributed by atoms with van der Waals surface area (Å²) in [5.74, 6) is 0. The van der Waals surface area contributed by atoms with Crippen LogP contribution in [0.5, 0.6) is 0 Å². The van der Waals surface area contributed by atoms with Crippen molar-refractivity contribution in [2.24, 2.45) is 11.1 Å². The monoisotopic (exact) mass is 170 g/mol. The molecule has 1 aliphatic carbocycles. The Kier molecular flexibility index (Phi) is 2.77. The Morgan fingerprint density at radius 2 is 1.78 bits per heavy atom. The van der Waals surface area contributed by atoms with E-state index in [0.717, 1.165) is 0 Å². The van der Waals surface area contributed by atoms with Crippen molar-refractivity contribution >= 4 is 24.8 Å². The maximum Gasteiger partial charge on any atom is 0.0127 e. The Labute approximate surface area is 67.4 Å². The van der Waals surface area contributed by atoms with Crippen LogP contribution in [0.15, 0.2) is 0 Å². The summed E-state index contributed by atoms with van der Waals surface area (Å²) in [4.78, 5) is 0. The lowest BCUT2D eigenvalue weighted by Gasteiger charge is -2.27. The number of hydrogen-bond acceptors (Lipinski definition) is 2. The van der Waals surface area contributed by atoms with Gasteiger partial charge in [-0.1, -0.05) is 0 Å². The minimum Gasteiger partial charge on any atom is -0.327 e. The van der Waals surface area contributed by atoms with Crippen molar-refractivity contribution in [3.8, 4) is 0 Å². The van der Waals surface area contributed by atoms with E-state index < -0.39 is 0 Å². The van der Waals surface area contributed by atoms with E-state index in [1.807, 2.05) is 0 Å². The first-order valence-corrected chi connectivity index (χ1v) is 2.80. The van der Waals surface area contributed by atoms with E-state index in [1.54, 1.807) is 0 Å². The molecule has 0 radical (unpaired) electrons. The van der Waals surface area contributed by atoms with Gasteiger partial charge in [-0.05, 0) is 6.42 Å². The fourth-order valence-electron chi connectivity index (χ4n) is 1.23. The summed E-state index contributed by atoms with van der Waals surface area (Å²) in [6, 6.07) is 0.536. The van der Waals surface area contributed by atoms with Crippen LogP contribution in [0.2, 0.25) is 0 Å². The maximum absolute atomic E-state index is 5.62. The highest BCUT2D eigenvalue weighted by atomic mass is 35.5. The zero-order valence-corrected chi connectivity index (χ0v) is 6.73. The van der Waals surface area contributed by atoms with Crippen molar-refractivity contribution in [3.05, 3.63) is 0 Å². The smallest absolute Gasteiger partial charge is 0.0127 e. The molecule has 1 heterocycles. The van der Waals surface area contributed by atoms with Crippen molar-refractivity contribution in [3.63, 3.8) is 0 Å². The SMILES string of the molecule is Cl.Cl.NC1CC12CNC2. The summed E-state index contributed by atoms with van der Waals surface area (Å²) in [5.41, 5.74) is 6.22. The fourth-order valence-corrected chi connectivity index (χ4v) is 1.23. The van der Waals surface area contributed by atoms with Gasteiger partial charge in [-0.3, -0.25) is 0 Å². The number of hydrogen-bond donors (Lipinski definition) is 2. The van der Waals surface area contributed by atoms with E-state index in [-0.39, 0.29) is 24.8 Å². The van der Waals surface area contributed by atoms with Crippen LogP contribution >= 0.6 is 24.8 Å². The average molecular weight is 171 g/mol. The van der Waals surface area contributed by atoms with Crippen LogP contribution in [-0.4, -0.2) is 19.1 Å². The molecule has 1 atom stereocenters. The summed E-state index contributed by atoms with van der Waals surface area (Å²) in [5, 5.41) is 3.21. The zero-order chi connectivity index (χ0) is 4.91. The van der Waals surface area contributed by atoms with Gasteiger partial charge in [0.05, 0.1) is 0 Å². The third-order valence-corrected chi connectivity index (χ3v) is 2.21. The molecule has 0 bridgehead atoms. The number of rotatable bonds is 0. The van der Waals surface area contributed by atoms with E-state index in [1.165, 1.54) is 19.5 Å². The van der Waals surface area contributed by atoms with Gasteiger partial charge in [0.2, 0.25) is 0 Å². The molecule has 0 aromatic rings. The maximum atomic E-state index is 5.62. The van der Waals surface area contributed by atoms with Crippen LogP contribution < -0.4 is 11.1 Å². The topological polar surface area (TPSA) is 38.0 Å². The van der Waals surface area contributed by atoms with Gasteiger partial charge in [0.1, 0.15) is 0 Å². The molecule has 9 heavy (non-hydrogen) atoms. The lowest BCUT2D eigenvalue weighted by Crippen LogP contribution is -2.47. The second-order valence-electron chi connectivity index (χ2n) is 2.78. The van der Waals surface area contributed by atoms with Gasteiger partial charge in [-0.25, -0.2) is 0 Å². The molecule has 0 aromatic heterocycles. The van der Waals surface area contributed by atoms with Crippen molar-refractivity contribution < 1.29 is 0 Å². The summed E-state index contributed by atoms with van der Waals surface area (Å²) in [6.07, 6.45) is 1.26. The lowest BCUT2D eigenvalue weighted by atomic mass is 10.00. The van der Waals surface area contributed by atoms with Crippen LogP contribution in [0.3, 0.4) is 0 Å². The highest BCUT2D eigenvalue weighted by molar-refractivity contribution is 5.85. The predicted octanol–water partition coefficient (Wildman–Crippen LogP) is 0.151. The lowest BCUT2D eigenvalue weighted by molar-refractivity contribution is 0.312. The quantitative estimate of drug-likeness (QED) is 0.544. The molecule has 3 N–H and O–H groups in total. The summed E-state index contributed by atoms with van der Waals surface area (Å²) in [7, 11) is 0. The van der Waals surface area contributed by atoms with Crippen LogP contribution in [-0.2, 0) is 0 Å². The van der Waals surface area contributed by atoms with Crippen molar-refractivity contribution in [1.82, 2.24) is 5.32 Å². The molecule has 2 fully saturated rings. The molecule has 2 nitrogen and oxygen atoms in total. The van der Waals surface area contributed by atoms with Gasteiger partial charge in [0.15, 0.2) is 0 Å². The Bertz CT molecular complexity index is 97.6. The highest BCUT2D eigenvalue weighted by Gasteiger charge is 2.55. The molecular weight excluding hydrogens is 159 g/mol. The number of nitrogens with two attached hydrogens (primary N) is 1. The molecule has 1 aliphatic heterocycles. The van der Waals surface area contributed by atoms with E-state index in [4.69, 9.17) is 5.73 Å². The van der Waals surface area contributed by atoms with E-state index in [0.29, 0.717) is 11.5 Å². The molecule has 1 spiro atoms. The molecule has 2 rings (SSSR count). The largest absolute Gasteiger partial charge is 0.327 e. The normalized spacial score (nSPS) is 33.7. The Hall–Kier alpha value is 0.500. The first-order valence-electron chi connectivity index (χ1n) is 2.80. The number of halogens is 2. The summed E-state index contributed by atoms with van der Waals surface area (Å²) < 4.78 is 0. The molecule has 56 valence electrons. The summed E-state index contributed by atoms with van der Waals surface area (Å²) >= 11 is 0. The van der Waals surface area contributed by atoms with Gasteiger partial charge in [0.25, 0.3) is 0 Å². The van der Waals surface area contributed by atoms with Crippen molar-refractivity contribution in [2.45, 2.75) is 12.5 Å². The second-order valence-corrected chi connectivity index (χ2v) is 2.78. The van der Waals surface area contributed by atoms with E-state index in [9.17, 15) is 0 Å². The Morgan fingerprint density at radius 1 is 1.33 bits per heavy atom. The predicted molar refractivity (Wildman–Crippen MR) is 42.4 cm³/mol. The van der Waals surface area contributed by atoms with E-state index in [2.05, 4.69) is 5.32 Å². The molecule has 2 aliphatic rings. The van der Waals surface area contributed by atoms with E-state index >= 15 is 0 Å². The Morgan fingerprint density at radius 3 is 1.78 bits per heavy atom. The molecule has 1 saturated carbocycles.